The summed E-state index contributed by atoms with van der Waals surface area (Å²) >= 11 is 0. The molecule has 17 heavy (non-hydrogen) atoms. The maximum atomic E-state index is 11.3. The summed E-state index contributed by atoms with van der Waals surface area (Å²) in [6, 6.07) is 7.00. The third-order valence-corrected chi connectivity index (χ3v) is 2.48. The first-order chi connectivity index (χ1) is 8.08. The Kier molecular flexibility index (Phi) is 4.97. The van der Waals surface area contributed by atoms with Crippen LogP contribution in [0.2, 0.25) is 0 Å². The molecule has 0 fully saturated rings. The molecule has 1 aromatic carbocycles. The fourth-order valence-electron chi connectivity index (χ4n) is 1.42. The van der Waals surface area contributed by atoms with Crippen LogP contribution in [0.4, 0.5) is 0 Å². The molecule has 1 aromatic rings. The molecule has 0 aliphatic carbocycles. The molecule has 4 heteroatoms. The van der Waals surface area contributed by atoms with Crippen molar-refractivity contribution < 1.29 is 19.4 Å². The molecule has 0 aliphatic rings. The lowest BCUT2D eigenvalue weighted by Crippen LogP contribution is -2.27. The van der Waals surface area contributed by atoms with Gasteiger partial charge in [0.2, 0.25) is 0 Å². The van der Waals surface area contributed by atoms with E-state index in [-0.39, 0.29) is 5.97 Å². The quantitative estimate of drug-likeness (QED) is 0.798. The second-order valence-electron chi connectivity index (χ2n) is 3.78. The summed E-state index contributed by atoms with van der Waals surface area (Å²) in [6.07, 6.45) is -0.547. The molecule has 0 saturated carbocycles. The lowest BCUT2D eigenvalue weighted by atomic mass is 10.1. The molecule has 1 N–H and O–H groups in total. The van der Waals surface area contributed by atoms with Crippen molar-refractivity contribution in [1.29, 1.82) is 0 Å². The van der Waals surface area contributed by atoms with Gasteiger partial charge in [0.1, 0.15) is 5.75 Å². The molecule has 0 heterocycles. The zero-order valence-corrected chi connectivity index (χ0v) is 10.3. The topological polar surface area (TPSA) is 55.8 Å². The standard InChI is InChI=1S/C13H18O4/c1-4-12(13(15)16-3)17-11-7-5-10(6-8-11)9(2)14/h5-9,12,14H,4H2,1-3H3. The molecule has 94 valence electrons. The van der Waals surface area contributed by atoms with E-state index in [9.17, 15) is 9.90 Å². The predicted octanol–water partition coefficient (Wildman–Crippen LogP) is 2.07. The molecule has 2 unspecified atom stereocenters. The lowest BCUT2D eigenvalue weighted by molar-refractivity contribution is -0.148. The van der Waals surface area contributed by atoms with E-state index in [1.165, 1.54) is 7.11 Å². The number of methoxy groups -OCH3 is 1. The van der Waals surface area contributed by atoms with Crippen LogP contribution in [0.1, 0.15) is 31.9 Å². The van der Waals surface area contributed by atoms with Gasteiger partial charge in [-0.3, -0.25) is 0 Å². The third-order valence-electron chi connectivity index (χ3n) is 2.48. The molecule has 0 bridgehead atoms. The average Bonchev–Trinajstić information content (AvgIpc) is 2.35. The van der Waals surface area contributed by atoms with Crippen LogP contribution >= 0.6 is 0 Å². The van der Waals surface area contributed by atoms with Crippen molar-refractivity contribution >= 4 is 5.97 Å². The fraction of sp³-hybridized carbons (Fsp3) is 0.462. The van der Waals surface area contributed by atoms with Crippen molar-refractivity contribution in [3.63, 3.8) is 0 Å². The van der Waals surface area contributed by atoms with Gasteiger partial charge in [-0.15, -0.1) is 0 Å². The SMILES string of the molecule is CCC(Oc1ccc(C(C)O)cc1)C(=O)OC. The van der Waals surface area contributed by atoms with Crippen LogP contribution in [-0.2, 0) is 9.53 Å². The highest BCUT2D eigenvalue weighted by molar-refractivity contribution is 5.74. The van der Waals surface area contributed by atoms with Crippen LogP contribution in [0.15, 0.2) is 24.3 Å². The highest BCUT2D eigenvalue weighted by Crippen LogP contribution is 2.19. The van der Waals surface area contributed by atoms with E-state index in [1.807, 2.05) is 6.92 Å². The van der Waals surface area contributed by atoms with Gasteiger partial charge in [-0.2, -0.15) is 0 Å². The summed E-state index contributed by atoms with van der Waals surface area (Å²) in [5, 5.41) is 9.35. The van der Waals surface area contributed by atoms with Crippen LogP contribution in [0, 0.1) is 0 Å². The van der Waals surface area contributed by atoms with E-state index in [0.717, 1.165) is 5.56 Å². The molecule has 1 rings (SSSR count). The van der Waals surface area contributed by atoms with Crippen molar-refractivity contribution in [2.75, 3.05) is 7.11 Å². The van der Waals surface area contributed by atoms with E-state index in [2.05, 4.69) is 4.74 Å². The van der Waals surface area contributed by atoms with E-state index < -0.39 is 12.2 Å². The van der Waals surface area contributed by atoms with Gasteiger partial charge in [-0.05, 0) is 31.0 Å². The highest BCUT2D eigenvalue weighted by Gasteiger charge is 2.18. The number of carbonyl (C=O) groups is 1. The van der Waals surface area contributed by atoms with Crippen molar-refractivity contribution in [3.05, 3.63) is 29.8 Å². The minimum absolute atomic E-state index is 0.382. The van der Waals surface area contributed by atoms with Crippen LogP contribution in [0.3, 0.4) is 0 Å². The Balaban J connectivity index is 2.70. The first-order valence-electron chi connectivity index (χ1n) is 5.61. The number of hydrogen-bond acceptors (Lipinski definition) is 4. The molecule has 0 spiro atoms. The first kappa shape index (κ1) is 13.5. The molecular formula is C13H18O4. The second-order valence-corrected chi connectivity index (χ2v) is 3.78. The zero-order valence-electron chi connectivity index (χ0n) is 10.3. The van der Waals surface area contributed by atoms with Crippen molar-refractivity contribution in [2.24, 2.45) is 0 Å². The number of rotatable bonds is 5. The number of esters is 1. The van der Waals surface area contributed by atoms with Crippen LogP contribution < -0.4 is 4.74 Å². The summed E-state index contributed by atoms with van der Waals surface area (Å²) in [5.41, 5.74) is 0.809. The van der Waals surface area contributed by atoms with Gasteiger partial charge < -0.3 is 14.6 Å². The van der Waals surface area contributed by atoms with Crippen molar-refractivity contribution in [3.8, 4) is 5.75 Å². The van der Waals surface area contributed by atoms with Crippen LogP contribution in [0.25, 0.3) is 0 Å². The minimum Gasteiger partial charge on any atom is -0.479 e. The smallest absolute Gasteiger partial charge is 0.347 e. The van der Waals surface area contributed by atoms with E-state index in [0.29, 0.717) is 12.2 Å². The van der Waals surface area contributed by atoms with Gasteiger partial charge >= 0.3 is 5.97 Å². The summed E-state index contributed by atoms with van der Waals surface area (Å²) in [4.78, 5) is 11.3. The number of benzene rings is 1. The molecule has 0 saturated heterocycles. The number of carbonyl (C=O) groups excluding carboxylic acids is 1. The molecule has 4 nitrogen and oxygen atoms in total. The Morgan fingerprint density at radius 2 is 1.94 bits per heavy atom. The van der Waals surface area contributed by atoms with Crippen LogP contribution in [-0.4, -0.2) is 24.3 Å². The molecule has 0 amide bonds. The number of aliphatic hydroxyl groups is 1. The maximum absolute atomic E-state index is 11.3. The maximum Gasteiger partial charge on any atom is 0.347 e. The second kappa shape index (κ2) is 6.25. The molecule has 2 atom stereocenters. The average molecular weight is 238 g/mol. The molecular weight excluding hydrogens is 220 g/mol. The monoisotopic (exact) mass is 238 g/mol. The van der Waals surface area contributed by atoms with Crippen molar-refractivity contribution in [1.82, 2.24) is 0 Å². The Labute approximate surface area is 101 Å². The van der Waals surface area contributed by atoms with Gasteiger partial charge in [-0.1, -0.05) is 19.1 Å². The Bertz CT molecular complexity index is 356. The minimum atomic E-state index is -0.586. The van der Waals surface area contributed by atoms with Gasteiger partial charge in [-0.25, -0.2) is 4.79 Å². The molecule has 0 aromatic heterocycles. The Morgan fingerprint density at radius 3 is 2.35 bits per heavy atom. The largest absolute Gasteiger partial charge is 0.479 e. The Hall–Kier alpha value is -1.55. The lowest BCUT2D eigenvalue weighted by Gasteiger charge is -2.15. The van der Waals surface area contributed by atoms with Gasteiger partial charge in [0.15, 0.2) is 6.10 Å². The summed E-state index contributed by atoms with van der Waals surface area (Å²) in [6.45, 7) is 3.55. The number of hydrogen-bond donors (Lipinski definition) is 1. The summed E-state index contributed by atoms with van der Waals surface area (Å²) < 4.78 is 10.1. The fourth-order valence-corrected chi connectivity index (χ4v) is 1.42. The third kappa shape index (κ3) is 3.75. The van der Waals surface area contributed by atoms with Crippen LogP contribution in [0.5, 0.6) is 5.75 Å². The summed E-state index contributed by atoms with van der Waals surface area (Å²) in [7, 11) is 1.34. The van der Waals surface area contributed by atoms with Crippen molar-refractivity contribution in [2.45, 2.75) is 32.5 Å². The molecule has 0 radical (unpaired) electrons. The number of ether oxygens (including phenoxy) is 2. The van der Waals surface area contributed by atoms with E-state index >= 15 is 0 Å². The highest BCUT2D eigenvalue weighted by atomic mass is 16.6. The van der Waals surface area contributed by atoms with Gasteiger partial charge in [0.05, 0.1) is 13.2 Å². The number of aliphatic hydroxyl groups excluding tert-OH is 1. The predicted molar refractivity (Wildman–Crippen MR) is 63.8 cm³/mol. The summed E-state index contributed by atoms with van der Waals surface area (Å²) in [5.74, 6) is 0.207. The van der Waals surface area contributed by atoms with E-state index in [1.54, 1.807) is 31.2 Å². The Morgan fingerprint density at radius 1 is 1.35 bits per heavy atom. The van der Waals surface area contributed by atoms with Gasteiger partial charge in [0.25, 0.3) is 0 Å². The zero-order chi connectivity index (χ0) is 12.8. The van der Waals surface area contributed by atoms with Gasteiger partial charge in [0, 0.05) is 0 Å². The normalized spacial score (nSPS) is 13.9. The van der Waals surface area contributed by atoms with E-state index in [4.69, 9.17) is 4.74 Å². The molecule has 0 aliphatic heterocycles. The first-order valence-corrected chi connectivity index (χ1v) is 5.61.